The normalized spacial score (nSPS) is 12.9. The average Bonchev–Trinajstić information content (AvgIpc) is 2.73. The largest absolute Gasteiger partial charge is 0.497 e. The third kappa shape index (κ3) is 5.18. The molecular weight excluding hydrogens is 354 g/mol. The van der Waals surface area contributed by atoms with Crippen molar-refractivity contribution in [3.63, 3.8) is 0 Å². The topological polar surface area (TPSA) is 62.8 Å². The lowest BCUT2D eigenvalue weighted by atomic mass is 10.0. The number of hydrogen-bond acceptors (Lipinski definition) is 4. The van der Waals surface area contributed by atoms with Crippen molar-refractivity contribution >= 4 is 11.7 Å². The standard InChI is InChI=1S/C22H25N3O3/c1-27-19-9-10-20(21(15-19)28-2)24-22(26)23-12-5-6-13-25-14-11-17-7-3-4-8-18(17)16-25/h3-4,7-10,15H,11-14,16H2,1-2H3,(H2,23,24,26). The third-order valence-corrected chi connectivity index (χ3v) is 4.63. The lowest BCUT2D eigenvalue weighted by molar-refractivity contribution is 0.253. The van der Waals surface area contributed by atoms with E-state index in [2.05, 4.69) is 51.6 Å². The van der Waals surface area contributed by atoms with Gasteiger partial charge in [0.15, 0.2) is 0 Å². The Hall–Kier alpha value is -3.17. The molecule has 6 heteroatoms. The molecule has 1 aliphatic rings. The maximum absolute atomic E-state index is 12.0. The highest BCUT2D eigenvalue weighted by Gasteiger charge is 2.14. The van der Waals surface area contributed by atoms with Crippen LogP contribution in [0.3, 0.4) is 0 Å². The van der Waals surface area contributed by atoms with E-state index in [-0.39, 0.29) is 12.6 Å². The molecule has 1 aliphatic heterocycles. The molecule has 28 heavy (non-hydrogen) atoms. The first-order valence-corrected chi connectivity index (χ1v) is 9.21. The van der Waals surface area contributed by atoms with Crippen LogP contribution in [0.15, 0.2) is 42.5 Å². The molecule has 0 bridgehead atoms. The van der Waals surface area contributed by atoms with Crippen LogP contribution < -0.4 is 20.1 Å². The van der Waals surface area contributed by atoms with Gasteiger partial charge in [-0.1, -0.05) is 36.1 Å². The van der Waals surface area contributed by atoms with Crippen molar-refractivity contribution in [2.45, 2.75) is 13.0 Å². The van der Waals surface area contributed by atoms with Crippen molar-refractivity contribution in [1.82, 2.24) is 10.2 Å². The Bertz CT molecular complexity index is 886. The first-order chi connectivity index (χ1) is 13.7. The highest BCUT2D eigenvalue weighted by Crippen LogP contribution is 2.28. The Balaban J connectivity index is 1.43. The molecule has 0 spiro atoms. The van der Waals surface area contributed by atoms with Gasteiger partial charge in [-0.15, -0.1) is 0 Å². The van der Waals surface area contributed by atoms with Gasteiger partial charge in [0.25, 0.3) is 0 Å². The molecule has 2 amide bonds. The molecule has 1 heterocycles. The van der Waals surface area contributed by atoms with E-state index in [0.29, 0.717) is 23.7 Å². The van der Waals surface area contributed by atoms with Crippen molar-refractivity contribution in [3.05, 3.63) is 53.6 Å². The zero-order chi connectivity index (χ0) is 19.8. The van der Waals surface area contributed by atoms with Crippen molar-refractivity contribution < 1.29 is 14.3 Å². The minimum absolute atomic E-state index is 0.286. The number of carbonyl (C=O) groups is 1. The number of nitrogens with zero attached hydrogens (tertiary/aromatic N) is 1. The van der Waals surface area contributed by atoms with E-state index in [1.165, 1.54) is 11.1 Å². The van der Waals surface area contributed by atoms with Crippen LogP contribution in [0, 0.1) is 11.8 Å². The highest BCUT2D eigenvalue weighted by molar-refractivity contribution is 5.91. The first kappa shape index (κ1) is 19.6. The molecule has 0 atom stereocenters. The summed E-state index contributed by atoms with van der Waals surface area (Å²) >= 11 is 0. The molecule has 2 N–H and O–H groups in total. The fraction of sp³-hybridized carbons (Fsp3) is 0.318. The maximum atomic E-state index is 12.0. The summed E-state index contributed by atoms with van der Waals surface area (Å²) in [6.07, 6.45) is 1.06. The number of urea groups is 1. The quantitative estimate of drug-likeness (QED) is 0.784. The summed E-state index contributed by atoms with van der Waals surface area (Å²) in [5.74, 6) is 7.33. The summed E-state index contributed by atoms with van der Waals surface area (Å²) in [6.45, 7) is 2.92. The van der Waals surface area contributed by atoms with Gasteiger partial charge in [0.05, 0.1) is 33.0 Å². The second-order valence-corrected chi connectivity index (χ2v) is 6.46. The van der Waals surface area contributed by atoms with Crippen LogP contribution in [-0.4, -0.2) is 44.8 Å². The number of methoxy groups -OCH3 is 2. The minimum atomic E-state index is -0.329. The molecule has 0 unspecified atom stereocenters. The minimum Gasteiger partial charge on any atom is -0.497 e. The van der Waals surface area contributed by atoms with Crippen LogP contribution in [0.4, 0.5) is 10.5 Å². The molecule has 0 saturated carbocycles. The third-order valence-electron chi connectivity index (χ3n) is 4.63. The zero-order valence-corrected chi connectivity index (χ0v) is 16.2. The zero-order valence-electron chi connectivity index (χ0n) is 16.2. The van der Waals surface area contributed by atoms with Gasteiger partial charge in [-0.25, -0.2) is 4.79 Å². The molecular formula is C22H25N3O3. The van der Waals surface area contributed by atoms with Crippen molar-refractivity contribution in [3.8, 4) is 23.3 Å². The molecule has 0 aliphatic carbocycles. The second-order valence-electron chi connectivity index (χ2n) is 6.46. The second kappa shape index (κ2) is 9.67. The molecule has 146 valence electrons. The van der Waals surface area contributed by atoms with E-state index in [9.17, 15) is 4.79 Å². The van der Waals surface area contributed by atoms with Crippen molar-refractivity contribution in [2.75, 3.05) is 39.2 Å². The van der Waals surface area contributed by atoms with Gasteiger partial charge in [0, 0.05) is 19.2 Å². The van der Waals surface area contributed by atoms with E-state index in [4.69, 9.17) is 9.47 Å². The molecule has 0 fully saturated rings. The summed E-state index contributed by atoms with van der Waals surface area (Å²) in [7, 11) is 3.12. The van der Waals surface area contributed by atoms with Crippen LogP contribution in [0.1, 0.15) is 11.1 Å². The predicted octanol–water partition coefficient (Wildman–Crippen LogP) is 2.89. The van der Waals surface area contributed by atoms with Gasteiger partial charge in [-0.3, -0.25) is 4.90 Å². The monoisotopic (exact) mass is 379 g/mol. The van der Waals surface area contributed by atoms with E-state index in [0.717, 1.165) is 19.5 Å². The van der Waals surface area contributed by atoms with Crippen molar-refractivity contribution in [2.24, 2.45) is 0 Å². The average molecular weight is 379 g/mol. The molecule has 6 nitrogen and oxygen atoms in total. The van der Waals surface area contributed by atoms with Crippen molar-refractivity contribution in [1.29, 1.82) is 0 Å². The lowest BCUT2D eigenvalue weighted by Gasteiger charge is -2.26. The van der Waals surface area contributed by atoms with Crippen LogP contribution >= 0.6 is 0 Å². The molecule has 2 aromatic carbocycles. The van der Waals surface area contributed by atoms with Gasteiger partial charge in [0.2, 0.25) is 0 Å². The van der Waals surface area contributed by atoms with E-state index in [1.807, 2.05) is 0 Å². The fourth-order valence-electron chi connectivity index (χ4n) is 3.11. The summed E-state index contributed by atoms with van der Waals surface area (Å²) in [4.78, 5) is 14.4. The molecule has 2 aromatic rings. The Labute approximate surface area is 165 Å². The van der Waals surface area contributed by atoms with Gasteiger partial charge in [-0.05, 0) is 29.7 Å². The van der Waals surface area contributed by atoms with E-state index in [1.54, 1.807) is 32.4 Å². The van der Waals surface area contributed by atoms with E-state index >= 15 is 0 Å². The number of anilines is 1. The number of nitrogens with one attached hydrogen (secondary N) is 2. The Morgan fingerprint density at radius 2 is 1.93 bits per heavy atom. The number of ether oxygens (including phenoxy) is 2. The number of fused-ring (bicyclic) bond motifs is 1. The van der Waals surface area contributed by atoms with Gasteiger partial charge >= 0.3 is 6.03 Å². The summed E-state index contributed by atoms with van der Waals surface area (Å²) in [5.41, 5.74) is 3.38. The number of rotatable bonds is 5. The number of hydrogen-bond donors (Lipinski definition) is 2. The number of amides is 2. The summed E-state index contributed by atoms with van der Waals surface area (Å²) in [6, 6.07) is 13.4. The Kier molecular flexibility index (Phi) is 6.77. The Morgan fingerprint density at radius 1 is 1.11 bits per heavy atom. The Morgan fingerprint density at radius 3 is 2.71 bits per heavy atom. The van der Waals surface area contributed by atoms with Gasteiger partial charge < -0.3 is 20.1 Å². The van der Waals surface area contributed by atoms with Crippen LogP contribution in [0.25, 0.3) is 0 Å². The number of benzene rings is 2. The maximum Gasteiger partial charge on any atom is 0.320 e. The molecule has 3 rings (SSSR count). The summed E-state index contributed by atoms with van der Waals surface area (Å²) in [5, 5.41) is 5.49. The molecule has 0 aromatic heterocycles. The van der Waals surface area contributed by atoms with Crippen LogP contribution in [0.2, 0.25) is 0 Å². The molecule has 0 radical (unpaired) electrons. The highest BCUT2D eigenvalue weighted by atomic mass is 16.5. The fourth-order valence-corrected chi connectivity index (χ4v) is 3.11. The van der Waals surface area contributed by atoms with E-state index < -0.39 is 0 Å². The lowest BCUT2D eigenvalue weighted by Crippen LogP contribution is -2.31. The smallest absolute Gasteiger partial charge is 0.320 e. The van der Waals surface area contributed by atoms with Gasteiger partial charge in [-0.2, -0.15) is 0 Å². The van der Waals surface area contributed by atoms with Crippen LogP contribution in [0.5, 0.6) is 11.5 Å². The first-order valence-electron chi connectivity index (χ1n) is 9.21. The SMILES string of the molecule is COc1ccc(NC(=O)NCC#CCN2CCc3ccccc3C2)c(OC)c1. The predicted molar refractivity (Wildman–Crippen MR) is 110 cm³/mol. The molecule has 0 saturated heterocycles. The van der Waals surface area contributed by atoms with Crippen LogP contribution in [-0.2, 0) is 13.0 Å². The van der Waals surface area contributed by atoms with Gasteiger partial charge in [0.1, 0.15) is 11.5 Å². The number of carbonyl (C=O) groups excluding carboxylic acids is 1. The summed E-state index contributed by atoms with van der Waals surface area (Å²) < 4.78 is 10.4.